The summed E-state index contributed by atoms with van der Waals surface area (Å²) >= 11 is 0. The molecular formula is C25H25N3O2. The number of aliphatic imine (C=N–C) groups is 1. The third-order valence-corrected chi connectivity index (χ3v) is 5.32. The van der Waals surface area contributed by atoms with Gasteiger partial charge >= 0.3 is 5.97 Å². The summed E-state index contributed by atoms with van der Waals surface area (Å²) in [6, 6.07) is 15.3. The zero-order chi connectivity index (χ0) is 21.3. The van der Waals surface area contributed by atoms with Crippen molar-refractivity contribution in [3.8, 4) is 11.1 Å². The fraction of sp³-hybridized carbons (Fsp3) is 0.200. The molecule has 0 spiro atoms. The minimum Gasteiger partial charge on any atom is -0.478 e. The van der Waals surface area contributed by atoms with E-state index in [9.17, 15) is 9.90 Å². The average Bonchev–Trinajstić information content (AvgIpc) is 3.06. The molecule has 0 aliphatic carbocycles. The first-order chi connectivity index (χ1) is 14.5. The normalized spacial score (nSPS) is 16.1. The van der Waals surface area contributed by atoms with Crippen LogP contribution in [0.2, 0.25) is 0 Å². The summed E-state index contributed by atoms with van der Waals surface area (Å²) in [6.07, 6.45) is 7.00. The van der Waals surface area contributed by atoms with E-state index >= 15 is 0 Å². The highest BCUT2D eigenvalue weighted by Crippen LogP contribution is 2.33. The molecule has 5 nitrogen and oxygen atoms in total. The van der Waals surface area contributed by atoms with E-state index in [-0.39, 0.29) is 0 Å². The summed E-state index contributed by atoms with van der Waals surface area (Å²) in [7, 11) is 0. The lowest BCUT2D eigenvalue weighted by atomic mass is 9.97. The summed E-state index contributed by atoms with van der Waals surface area (Å²) in [5.74, 6) is 0.0941. The second-order valence-electron chi connectivity index (χ2n) is 7.58. The van der Waals surface area contributed by atoms with Crippen LogP contribution >= 0.6 is 0 Å². The van der Waals surface area contributed by atoms with Gasteiger partial charge in [0.2, 0.25) is 0 Å². The number of rotatable bonds is 5. The molecule has 30 heavy (non-hydrogen) atoms. The van der Waals surface area contributed by atoms with Crippen LogP contribution in [0.5, 0.6) is 0 Å². The van der Waals surface area contributed by atoms with Gasteiger partial charge in [0.25, 0.3) is 0 Å². The number of benzene rings is 2. The maximum atomic E-state index is 11.5. The maximum absolute atomic E-state index is 11.5. The molecule has 0 saturated heterocycles. The first-order valence-electron chi connectivity index (χ1n) is 10.0. The van der Waals surface area contributed by atoms with Crippen LogP contribution in [0.3, 0.4) is 0 Å². The summed E-state index contributed by atoms with van der Waals surface area (Å²) in [6.45, 7) is 6.94. The fourth-order valence-electron chi connectivity index (χ4n) is 4.06. The molecule has 2 aromatic carbocycles. The smallest absolute Gasteiger partial charge is 0.336 e. The standard InChI is InChI=1S/C25H25N3O2/c1-4-13-27-16-21(24-26-17(2)14-18(3)28(24)27)15-19-9-11-20(12-10-19)22-7-5-6-8-23(22)25(29)30/h4-14H,15-16H2,1-3H3,(H,29,30)/b13-4+. The highest BCUT2D eigenvalue weighted by molar-refractivity contribution is 5.96. The van der Waals surface area contributed by atoms with Crippen molar-refractivity contribution in [2.45, 2.75) is 27.2 Å². The minimum atomic E-state index is -0.911. The summed E-state index contributed by atoms with van der Waals surface area (Å²) in [5.41, 5.74) is 6.57. The second-order valence-corrected chi connectivity index (χ2v) is 7.58. The number of carbonyl (C=O) groups is 1. The van der Waals surface area contributed by atoms with Gasteiger partial charge in [-0.25, -0.2) is 14.8 Å². The van der Waals surface area contributed by atoms with Gasteiger partial charge in [-0.1, -0.05) is 48.5 Å². The number of carboxylic acid groups (broad SMARTS) is 1. The highest BCUT2D eigenvalue weighted by Gasteiger charge is 2.31. The van der Waals surface area contributed by atoms with Crippen LogP contribution in [0.15, 0.2) is 89.0 Å². The number of hydrogen-bond donors (Lipinski definition) is 1. The minimum absolute atomic E-state index is 0.317. The molecule has 2 aliphatic rings. The van der Waals surface area contributed by atoms with Crippen LogP contribution in [0.4, 0.5) is 0 Å². The third-order valence-electron chi connectivity index (χ3n) is 5.32. The Bertz CT molecular complexity index is 1110. The van der Waals surface area contributed by atoms with Gasteiger partial charge in [-0.2, -0.15) is 0 Å². The predicted molar refractivity (Wildman–Crippen MR) is 120 cm³/mol. The van der Waals surface area contributed by atoms with Crippen molar-refractivity contribution in [3.05, 3.63) is 95.1 Å². The lowest BCUT2D eigenvalue weighted by molar-refractivity contribution is 0.0697. The first kappa shape index (κ1) is 19.7. The Balaban J connectivity index is 1.62. The number of nitrogens with zero attached hydrogens (tertiary/aromatic N) is 3. The van der Waals surface area contributed by atoms with Gasteiger partial charge in [-0.15, -0.1) is 0 Å². The lowest BCUT2D eigenvalue weighted by Gasteiger charge is -2.32. The number of allylic oxidation sites excluding steroid dienone is 3. The van der Waals surface area contributed by atoms with Crippen molar-refractivity contribution in [2.24, 2.45) is 4.99 Å². The molecule has 2 aromatic rings. The highest BCUT2D eigenvalue weighted by atomic mass is 16.4. The van der Waals surface area contributed by atoms with Crippen molar-refractivity contribution in [2.75, 3.05) is 6.54 Å². The van der Waals surface area contributed by atoms with Gasteiger partial charge in [0.05, 0.1) is 12.1 Å². The quantitative estimate of drug-likeness (QED) is 0.746. The van der Waals surface area contributed by atoms with Crippen LogP contribution in [0.25, 0.3) is 11.1 Å². The number of aromatic carboxylic acids is 1. The first-order valence-corrected chi connectivity index (χ1v) is 10.0. The van der Waals surface area contributed by atoms with Crippen molar-refractivity contribution in [1.29, 1.82) is 0 Å². The molecule has 0 unspecified atom stereocenters. The van der Waals surface area contributed by atoms with Gasteiger partial charge in [-0.05, 0) is 56.0 Å². The van der Waals surface area contributed by atoms with Crippen molar-refractivity contribution in [1.82, 2.24) is 10.0 Å². The molecule has 0 amide bonds. The molecule has 0 saturated carbocycles. The molecule has 0 atom stereocenters. The Labute approximate surface area is 176 Å². The Morgan fingerprint density at radius 2 is 1.87 bits per heavy atom. The molecule has 5 heteroatoms. The monoisotopic (exact) mass is 399 g/mol. The van der Waals surface area contributed by atoms with E-state index in [1.807, 2.05) is 44.2 Å². The molecule has 0 fully saturated rings. The molecule has 1 N–H and O–H groups in total. The maximum Gasteiger partial charge on any atom is 0.336 e. The number of hydrazine groups is 1. The molecule has 2 heterocycles. The topological polar surface area (TPSA) is 56.1 Å². The largest absolute Gasteiger partial charge is 0.478 e. The van der Waals surface area contributed by atoms with E-state index in [1.165, 1.54) is 11.1 Å². The molecule has 2 aliphatic heterocycles. The van der Waals surface area contributed by atoms with Gasteiger partial charge < -0.3 is 5.11 Å². The molecule has 0 aromatic heterocycles. The van der Waals surface area contributed by atoms with E-state index in [2.05, 4.69) is 41.4 Å². The van der Waals surface area contributed by atoms with Gasteiger partial charge in [0.1, 0.15) is 0 Å². The average molecular weight is 399 g/mol. The Hall–Kier alpha value is -3.60. The number of carboxylic acids is 1. The summed E-state index contributed by atoms with van der Waals surface area (Å²) in [5, 5.41) is 13.8. The molecule has 0 radical (unpaired) electrons. The van der Waals surface area contributed by atoms with Gasteiger partial charge in [0, 0.05) is 23.2 Å². The van der Waals surface area contributed by atoms with Crippen LogP contribution in [0, 0.1) is 0 Å². The Morgan fingerprint density at radius 3 is 2.57 bits per heavy atom. The second kappa shape index (κ2) is 8.03. The molecule has 152 valence electrons. The van der Waals surface area contributed by atoms with Crippen molar-refractivity contribution < 1.29 is 9.90 Å². The van der Waals surface area contributed by atoms with Crippen LogP contribution in [-0.4, -0.2) is 33.4 Å². The van der Waals surface area contributed by atoms with Crippen LogP contribution in [-0.2, 0) is 6.42 Å². The van der Waals surface area contributed by atoms with E-state index in [1.54, 1.807) is 12.1 Å². The molecule has 0 bridgehead atoms. The summed E-state index contributed by atoms with van der Waals surface area (Å²) < 4.78 is 0. The Kier molecular flexibility index (Phi) is 5.27. The number of hydrogen-bond acceptors (Lipinski definition) is 4. The zero-order valence-corrected chi connectivity index (χ0v) is 17.5. The van der Waals surface area contributed by atoms with Crippen LogP contribution in [0.1, 0.15) is 36.7 Å². The molecule has 4 rings (SSSR count). The van der Waals surface area contributed by atoms with Crippen molar-refractivity contribution in [3.63, 3.8) is 0 Å². The van der Waals surface area contributed by atoms with Crippen molar-refractivity contribution >= 4 is 11.7 Å². The van der Waals surface area contributed by atoms with E-state index in [0.717, 1.165) is 41.3 Å². The van der Waals surface area contributed by atoms with E-state index in [4.69, 9.17) is 4.99 Å². The van der Waals surface area contributed by atoms with E-state index in [0.29, 0.717) is 5.56 Å². The third kappa shape index (κ3) is 3.66. The van der Waals surface area contributed by atoms with E-state index < -0.39 is 5.97 Å². The van der Waals surface area contributed by atoms with Gasteiger partial charge in [0.15, 0.2) is 5.82 Å². The van der Waals surface area contributed by atoms with Crippen LogP contribution < -0.4 is 0 Å². The summed E-state index contributed by atoms with van der Waals surface area (Å²) in [4.78, 5) is 16.3. The molecular weight excluding hydrogens is 374 g/mol. The lowest BCUT2D eigenvalue weighted by Crippen LogP contribution is -2.33. The number of fused-ring (bicyclic) bond motifs is 1. The van der Waals surface area contributed by atoms with Gasteiger partial charge in [-0.3, -0.25) is 5.01 Å². The fourth-order valence-corrected chi connectivity index (χ4v) is 4.06. The predicted octanol–water partition coefficient (Wildman–Crippen LogP) is 5.25. The zero-order valence-electron chi connectivity index (χ0n) is 17.5. The Morgan fingerprint density at radius 1 is 1.13 bits per heavy atom. The SMILES string of the molecule is C/C=C/N1CC(Cc2ccc(-c3ccccc3C(=O)O)cc2)=C2N=C(C)C=C(C)N21.